The summed E-state index contributed by atoms with van der Waals surface area (Å²) in [4.78, 5) is 0.442. The van der Waals surface area contributed by atoms with Crippen molar-refractivity contribution in [3.05, 3.63) is 35.6 Å². The minimum atomic E-state index is -0.0900. The molecule has 2 atom stereocenters. The highest BCUT2D eigenvalue weighted by atomic mass is 79.9. The van der Waals surface area contributed by atoms with E-state index in [1.165, 1.54) is 6.07 Å². The highest BCUT2D eigenvalue weighted by Gasteiger charge is 2.18. The lowest BCUT2D eigenvalue weighted by Gasteiger charge is -2.21. The number of benzene rings is 1. The first-order valence-corrected chi connectivity index (χ1v) is 6.31. The summed E-state index contributed by atoms with van der Waals surface area (Å²) in [5.74, 6) is 0.932. The van der Waals surface area contributed by atoms with Gasteiger partial charge in [-0.25, -0.2) is 4.39 Å². The van der Waals surface area contributed by atoms with Crippen LogP contribution in [-0.2, 0) is 6.42 Å². The van der Waals surface area contributed by atoms with Gasteiger partial charge in [-0.3, -0.25) is 0 Å². The highest BCUT2D eigenvalue weighted by Crippen LogP contribution is 2.25. The summed E-state index contributed by atoms with van der Waals surface area (Å²) >= 11 is 3.67. The Labute approximate surface area is 100 Å². The fraction of sp³-hybridized carbons (Fsp3) is 0.538. The maximum atomic E-state index is 13.4. The van der Waals surface area contributed by atoms with Gasteiger partial charge in [0.1, 0.15) is 5.82 Å². The van der Waals surface area contributed by atoms with Crippen molar-refractivity contribution in [2.24, 2.45) is 11.8 Å². The van der Waals surface area contributed by atoms with Gasteiger partial charge >= 0.3 is 0 Å². The molecule has 0 saturated carbocycles. The van der Waals surface area contributed by atoms with Crippen LogP contribution in [0.5, 0.6) is 0 Å². The summed E-state index contributed by atoms with van der Waals surface area (Å²) in [7, 11) is 0. The van der Waals surface area contributed by atoms with Crippen molar-refractivity contribution in [3.8, 4) is 0 Å². The van der Waals surface area contributed by atoms with Crippen LogP contribution >= 0.6 is 15.9 Å². The molecule has 0 saturated heterocycles. The zero-order valence-corrected chi connectivity index (χ0v) is 11.1. The van der Waals surface area contributed by atoms with Crippen LogP contribution in [0.15, 0.2) is 24.3 Å². The van der Waals surface area contributed by atoms with Gasteiger partial charge < -0.3 is 0 Å². The van der Waals surface area contributed by atoms with Crippen LogP contribution < -0.4 is 0 Å². The van der Waals surface area contributed by atoms with Crippen LogP contribution in [0.4, 0.5) is 4.39 Å². The Morgan fingerprint density at radius 2 is 1.80 bits per heavy atom. The van der Waals surface area contributed by atoms with Crippen molar-refractivity contribution >= 4 is 15.9 Å². The van der Waals surface area contributed by atoms with Crippen LogP contribution in [0.2, 0.25) is 0 Å². The second-order valence-corrected chi connectivity index (χ2v) is 5.52. The van der Waals surface area contributed by atoms with Gasteiger partial charge in [-0.05, 0) is 29.9 Å². The maximum absolute atomic E-state index is 13.4. The molecule has 0 aliphatic heterocycles. The third kappa shape index (κ3) is 3.60. The molecule has 0 amide bonds. The minimum absolute atomic E-state index is 0.0900. The molecule has 84 valence electrons. The van der Waals surface area contributed by atoms with Crippen LogP contribution in [-0.4, -0.2) is 4.83 Å². The van der Waals surface area contributed by atoms with E-state index in [1.54, 1.807) is 6.07 Å². The van der Waals surface area contributed by atoms with Crippen molar-refractivity contribution in [2.75, 3.05) is 0 Å². The number of halogens is 2. The van der Waals surface area contributed by atoms with Crippen molar-refractivity contribution in [3.63, 3.8) is 0 Å². The van der Waals surface area contributed by atoms with Gasteiger partial charge in [-0.1, -0.05) is 54.9 Å². The number of hydrogen-bond donors (Lipinski definition) is 0. The topological polar surface area (TPSA) is 0 Å². The first kappa shape index (κ1) is 12.7. The Kier molecular flexibility index (Phi) is 4.78. The van der Waals surface area contributed by atoms with Gasteiger partial charge in [0.05, 0.1) is 0 Å². The normalized spacial score (nSPS) is 15.3. The molecule has 0 spiro atoms. The molecule has 0 bridgehead atoms. The quantitative estimate of drug-likeness (QED) is 0.712. The summed E-state index contributed by atoms with van der Waals surface area (Å²) in [6, 6.07) is 7.02. The van der Waals surface area contributed by atoms with Crippen molar-refractivity contribution in [2.45, 2.75) is 32.0 Å². The zero-order valence-electron chi connectivity index (χ0n) is 9.50. The van der Waals surface area contributed by atoms with Crippen LogP contribution in [0.3, 0.4) is 0 Å². The van der Waals surface area contributed by atoms with E-state index in [0.717, 1.165) is 12.0 Å². The van der Waals surface area contributed by atoms with Gasteiger partial charge in [-0.2, -0.15) is 0 Å². The molecule has 0 radical (unpaired) electrons. The largest absolute Gasteiger partial charge is 0.207 e. The fourth-order valence-corrected chi connectivity index (χ4v) is 1.97. The van der Waals surface area contributed by atoms with Crippen molar-refractivity contribution in [1.29, 1.82) is 0 Å². The third-order valence-corrected chi connectivity index (χ3v) is 4.64. The Bertz CT molecular complexity index is 309. The molecule has 1 aromatic carbocycles. The molecular weight excluding hydrogens is 255 g/mol. The van der Waals surface area contributed by atoms with Gasteiger partial charge in [0, 0.05) is 4.83 Å². The van der Waals surface area contributed by atoms with E-state index in [0.29, 0.717) is 16.7 Å². The Morgan fingerprint density at radius 1 is 1.20 bits per heavy atom. The van der Waals surface area contributed by atoms with Gasteiger partial charge in [0.15, 0.2) is 0 Å². The predicted octanol–water partition coefficient (Wildman–Crippen LogP) is 4.42. The Morgan fingerprint density at radius 3 is 2.33 bits per heavy atom. The van der Waals surface area contributed by atoms with Gasteiger partial charge in [-0.15, -0.1) is 0 Å². The first-order valence-electron chi connectivity index (χ1n) is 5.40. The molecule has 0 aromatic heterocycles. The molecule has 2 unspecified atom stereocenters. The smallest absolute Gasteiger partial charge is 0.126 e. The summed E-state index contributed by atoms with van der Waals surface area (Å²) in [5.41, 5.74) is 0.815. The molecule has 2 heteroatoms. The molecule has 1 rings (SSSR count). The lowest BCUT2D eigenvalue weighted by Crippen LogP contribution is -2.19. The fourth-order valence-electron chi connectivity index (χ4n) is 1.78. The number of alkyl halides is 1. The van der Waals surface area contributed by atoms with E-state index >= 15 is 0 Å². The van der Waals surface area contributed by atoms with E-state index in [1.807, 2.05) is 12.1 Å². The predicted molar refractivity (Wildman–Crippen MR) is 66.8 cm³/mol. The van der Waals surface area contributed by atoms with Crippen LogP contribution in [0.1, 0.15) is 26.3 Å². The molecule has 0 aliphatic carbocycles. The highest BCUT2D eigenvalue weighted by molar-refractivity contribution is 9.09. The van der Waals surface area contributed by atoms with Gasteiger partial charge in [0.25, 0.3) is 0 Å². The average Bonchev–Trinajstić information content (AvgIpc) is 2.20. The van der Waals surface area contributed by atoms with E-state index in [-0.39, 0.29) is 5.82 Å². The third-order valence-electron chi connectivity index (χ3n) is 2.68. The standard InChI is InChI=1S/C13H18BrF/c1-9(2)13(14)10(3)8-11-6-4-5-7-12(11)15/h4-7,9-10,13H,8H2,1-3H3. The molecule has 0 heterocycles. The van der Waals surface area contributed by atoms with E-state index in [2.05, 4.69) is 36.7 Å². The van der Waals surface area contributed by atoms with Crippen LogP contribution in [0, 0.1) is 17.7 Å². The zero-order chi connectivity index (χ0) is 11.4. The minimum Gasteiger partial charge on any atom is -0.207 e. The SMILES string of the molecule is CC(C)C(Br)C(C)Cc1ccccc1F. The lowest BCUT2D eigenvalue weighted by atomic mass is 9.92. The summed E-state index contributed by atoms with van der Waals surface area (Å²) in [6.07, 6.45) is 0.792. The molecule has 0 N–H and O–H groups in total. The Balaban J connectivity index is 2.66. The monoisotopic (exact) mass is 272 g/mol. The van der Waals surface area contributed by atoms with Gasteiger partial charge in [0.2, 0.25) is 0 Å². The number of hydrogen-bond acceptors (Lipinski definition) is 0. The summed E-state index contributed by atoms with van der Waals surface area (Å²) in [5, 5.41) is 0. The second-order valence-electron chi connectivity index (χ2n) is 4.46. The number of rotatable bonds is 4. The molecule has 15 heavy (non-hydrogen) atoms. The van der Waals surface area contributed by atoms with Crippen molar-refractivity contribution in [1.82, 2.24) is 0 Å². The molecule has 0 aliphatic rings. The maximum Gasteiger partial charge on any atom is 0.126 e. The van der Waals surface area contributed by atoms with E-state index in [9.17, 15) is 4.39 Å². The summed E-state index contributed by atoms with van der Waals surface area (Å²) < 4.78 is 13.4. The lowest BCUT2D eigenvalue weighted by molar-refractivity contribution is 0.453. The molecule has 0 nitrogen and oxygen atoms in total. The molecular formula is C13H18BrF. The average molecular weight is 273 g/mol. The molecule has 0 fully saturated rings. The summed E-state index contributed by atoms with van der Waals surface area (Å²) in [6.45, 7) is 6.51. The van der Waals surface area contributed by atoms with Crippen LogP contribution in [0.25, 0.3) is 0 Å². The first-order chi connectivity index (χ1) is 7.02. The Hall–Kier alpha value is -0.370. The second kappa shape index (κ2) is 5.64. The van der Waals surface area contributed by atoms with E-state index in [4.69, 9.17) is 0 Å². The van der Waals surface area contributed by atoms with E-state index < -0.39 is 0 Å². The van der Waals surface area contributed by atoms with Crippen molar-refractivity contribution < 1.29 is 4.39 Å². The molecule has 1 aromatic rings.